The number of benzene rings is 2. The highest BCUT2D eigenvalue weighted by Crippen LogP contribution is 2.31. The summed E-state index contributed by atoms with van der Waals surface area (Å²) >= 11 is 0. The van der Waals surface area contributed by atoms with Crippen molar-refractivity contribution in [2.75, 3.05) is 57.4 Å². The van der Waals surface area contributed by atoms with E-state index in [1.165, 1.54) is 34.6 Å². The van der Waals surface area contributed by atoms with E-state index >= 15 is 0 Å². The summed E-state index contributed by atoms with van der Waals surface area (Å²) in [5.41, 5.74) is 1.73. The predicted octanol–water partition coefficient (Wildman–Crippen LogP) is 2.72. The summed E-state index contributed by atoms with van der Waals surface area (Å²) in [6.07, 6.45) is -4.52. The summed E-state index contributed by atoms with van der Waals surface area (Å²) in [6, 6.07) is 9.76. The molecular weight excluding hydrogens is 519 g/mol. The number of hydroxylamine groups is 1. The number of likely N-dealkylation sites (N-methyl/N-ethyl adjacent to an activating group) is 1. The molecule has 39 heavy (non-hydrogen) atoms. The number of nitrogens with zero attached hydrogens (tertiary/aromatic N) is 3. The molecule has 2 aromatic carbocycles. The average molecular weight is 552 g/mol. The van der Waals surface area contributed by atoms with Gasteiger partial charge < -0.3 is 15.0 Å². The van der Waals surface area contributed by atoms with Crippen molar-refractivity contribution in [1.29, 1.82) is 0 Å². The quantitative estimate of drug-likeness (QED) is 0.309. The number of rotatable bonds is 10. The number of ether oxygens (including phenoxy) is 1. The molecule has 1 aliphatic rings. The molecule has 0 aliphatic carbocycles. The van der Waals surface area contributed by atoms with E-state index < -0.39 is 23.7 Å². The fourth-order valence-corrected chi connectivity index (χ4v) is 3.99. The van der Waals surface area contributed by atoms with Crippen molar-refractivity contribution in [2.45, 2.75) is 19.6 Å². The monoisotopic (exact) mass is 551 g/mol. The number of carbonyl (C=O) groups excluding carboxylic acids is 3. The van der Waals surface area contributed by atoms with E-state index in [4.69, 9.17) is 9.94 Å². The smallest absolute Gasteiger partial charge is 0.378 e. The normalized spacial score (nSPS) is 13.7. The molecule has 0 radical (unpaired) electrons. The number of hydrogen-bond donors (Lipinski definition) is 3. The molecule has 0 bridgehead atoms. The molecule has 1 fully saturated rings. The molecule has 1 saturated heterocycles. The number of amides is 4. The summed E-state index contributed by atoms with van der Waals surface area (Å²) in [7, 11) is 0. The van der Waals surface area contributed by atoms with Crippen molar-refractivity contribution in [1.82, 2.24) is 20.6 Å². The molecule has 13 heteroatoms. The van der Waals surface area contributed by atoms with Crippen molar-refractivity contribution in [3.05, 3.63) is 65.2 Å². The maximum absolute atomic E-state index is 13.2. The van der Waals surface area contributed by atoms with E-state index in [9.17, 15) is 27.6 Å². The molecule has 1 aliphatic heterocycles. The van der Waals surface area contributed by atoms with Gasteiger partial charge in [0.2, 0.25) is 5.91 Å². The Hall–Kier alpha value is -3.68. The molecule has 3 N–H and O–H groups in total. The minimum Gasteiger partial charge on any atom is -0.378 e. The lowest BCUT2D eigenvalue weighted by Crippen LogP contribution is -2.47. The third-order valence-corrected chi connectivity index (χ3v) is 6.28. The Morgan fingerprint density at radius 3 is 2.23 bits per heavy atom. The fourth-order valence-electron chi connectivity index (χ4n) is 3.99. The van der Waals surface area contributed by atoms with Crippen LogP contribution < -0.4 is 15.7 Å². The zero-order chi connectivity index (χ0) is 28.4. The van der Waals surface area contributed by atoms with E-state index in [-0.39, 0.29) is 36.8 Å². The van der Waals surface area contributed by atoms with E-state index in [2.05, 4.69) is 5.32 Å². The van der Waals surface area contributed by atoms with Crippen LogP contribution >= 0.6 is 0 Å². The lowest BCUT2D eigenvalue weighted by Gasteiger charge is -2.30. The second-order valence-corrected chi connectivity index (χ2v) is 8.86. The van der Waals surface area contributed by atoms with Crippen molar-refractivity contribution < 1.29 is 37.5 Å². The highest BCUT2D eigenvalue weighted by atomic mass is 19.4. The van der Waals surface area contributed by atoms with Crippen LogP contribution in [0.25, 0.3) is 0 Å². The third kappa shape index (κ3) is 8.67. The van der Waals surface area contributed by atoms with Gasteiger partial charge >= 0.3 is 12.2 Å². The summed E-state index contributed by atoms with van der Waals surface area (Å²) in [5.74, 6) is -0.720. The van der Waals surface area contributed by atoms with Gasteiger partial charge in [-0.3, -0.25) is 24.6 Å². The number of hydrogen-bond acceptors (Lipinski definition) is 6. The Labute approximate surface area is 224 Å². The summed E-state index contributed by atoms with van der Waals surface area (Å²) < 4.78 is 44.5. The van der Waals surface area contributed by atoms with Crippen LogP contribution in [-0.2, 0) is 22.3 Å². The lowest BCUT2D eigenvalue weighted by molar-refractivity contribution is -0.138. The van der Waals surface area contributed by atoms with Crippen LogP contribution in [-0.4, -0.2) is 85.3 Å². The Kier molecular flexibility index (Phi) is 10.7. The average Bonchev–Trinajstić information content (AvgIpc) is 2.95. The van der Waals surface area contributed by atoms with Gasteiger partial charge in [-0.05, 0) is 48.5 Å². The van der Waals surface area contributed by atoms with Crippen LogP contribution in [0, 0.1) is 0 Å². The van der Waals surface area contributed by atoms with Crippen LogP contribution in [0.4, 0.5) is 23.7 Å². The standard InChI is InChI=1S/C26H32F3N5O5/c1-2-32(18-23(35)33-13-15-39-16-14-33)12-11-30-25(37)34(22-9-7-21(8-10-22)26(27,28)29)17-19-3-5-20(6-4-19)24(36)31-38/h3-10,38H,2,11-18H2,1H3,(H,30,37)(H,31,36). The minimum atomic E-state index is -4.52. The number of alkyl halides is 3. The minimum absolute atomic E-state index is 0.00519. The first-order valence-electron chi connectivity index (χ1n) is 12.5. The van der Waals surface area contributed by atoms with E-state index in [0.717, 1.165) is 12.1 Å². The maximum atomic E-state index is 13.2. The van der Waals surface area contributed by atoms with Crippen LogP contribution in [0.2, 0.25) is 0 Å². The van der Waals surface area contributed by atoms with Gasteiger partial charge in [-0.1, -0.05) is 19.1 Å². The molecule has 3 rings (SSSR count). The summed E-state index contributed by atoms with van der Waals surface area (Å²) in [5, 5.41) is 11.6. The molecule has 1 heterocycles. The van der Waals surface area contributed by atoms with Crippen LogP contribution in [0.15, 0.2) is 48.5 Å². The second kappa shape index (κ2) is 13.9. The van der Waals surface area contributed by atoms with Crippen LogP contribution in [0.5, 0.6) is 0 Å². The molecular formula is C26H32F3N5O5. The number of anilines is 1. The van der Waals surface area contributed by atoms with Crippen molar-refractivity contribution in [3.63, 3.8) is 0 Å². The molecule has 10 nitrogen and oxygen atoms in total. The molecule has 0 spiro atoms. The number of halogens is 3. The first kappa shape index (κ1) is 29.9. The van der Waals surface area contributed by atoms with Crippen molar-refractivity contribution in [3.8, 4) is 0 Å². The molecule has 0 saturated carbocycles. The van der Waals surface area contributed by atoms with Gasteiger partial charge in [0.15, 0.2) is 0 Å². The van der Waals surface area contributed by atoms with Gasteiger partial charge in [0.05, 0.1) is 31.9 Å². The van der Waals surface area contributed by atoms with E-state index in [1.54, 1.807) is 17.0 Å². The Balaban J connectivity index is 1.67. The van der Waals surface area contributed by atoms with Crippen molar-refractivity contribution >= 4 is 23.5 Å². The molecule has 0 aromatic heterocycles. The van der Waals surface area contributed by atoms with Gasteiger partial charge in [0.25, 0.3) is 5.91 Å². The van der Waals surface area contributed by atoms with Gasteiger partial charge in [-0.25, -0.2) is 10.3 Å². The fraction of sp³-hybridized carbons (Fsp3) is 0.423. The van der Waals surface area contributed by atoms with Crippen LogP contribution in [0.1, 0.15) is 28.4 Å². The van der Waals surface area contributed by atoms with Gasteiger partial charge in [0.1, 0.15) is 0 Å². The Bertz CT molecular complexity index is 1110. The number of urea groups is 1. The number of nitrogens with one attached hydrogen (secondary N) is 2. The topological polar surface area (TPSA) is 114 Å². The zero-order valence-electron chi connectivity index (χ0n) is 21.5. The molecule has 0 atom stereocenters. The largest absolute Gasteiger partial charge is 0.416 e. The molecule has 0 unspecified atom stereocenters. The lowest BCUT2D eigenvalue weighted by atomic mass is 10.1. The first-order chi connectivity index (χ1) is 18.6. The van der Waals surface area contributed by atoms with Gasteiger partial charge in [-0.2, -0.15) is 13.2 Å². The van der Waals surface area contributed by atoms with Crippen LogP contribution in [0.3, 0.4) is 0 Å². The SMILES string of the molecule is CCN(CCNC(=O)N(Cc1ccc(C(=O)NO)cc1)c1ccc(C(F)(F)F)cc1)CC(=O)N1CCOCC1. The van der Waals surface area contributed by atoms with E-state index in [1.807, 2.05) is 11.8 Å². The molecule has 4 amide bonds. The zero-order valence-corrected chi connectivity index (χ0v) is 21.5. The number of carbonyl (C=O) groups is 3. The Morgan fingerprint density at radius 2 is 1.67 bits per heavy atom. The predicted molar refractivity (Wildman–Crippen MR) is 136 cm³/mol. The highest BCUT2D eigenvalue weighted by molar-refractivity contribution is 5.93. The van der Waals surface area contributed by atoms with E-state index in [0.29, 0.717) is 45.0 Å². The first-order valence-corrected chi connectivity index (χ1v) is 12.5. The molecule has 212 valence electrons. The van der Waals surface area contributed by atoms with Crippen molar-refractivity contribution in [2.24, 2.45) is 0 Å². The second-order valence-electron chi connectivity index (χ2n) is 8.86. The molecule has 2 aromatic rings. The Morgan fingerprint density at radius 1 is 1.03 bits per heavy atom. The van der Waals surface area contributed by atoms with Gasteiger partial charge in [0, 0.05) is 37.4 Å². The number of morpholine rings is 1. The highest BCUT2D eigenvalue weighted by Gasteiger charge is 2.30. The maximum Gasteiger partial charge on any atom is 0.416 e. The summed E-state index contributed by atoms with van der Waals surface area (Å²) in [4.78, 5) is 42.2. The third-order valence-electron chi connectivity index (χ3n) is 6.28. The van der Waals surface area contributed by atoms with Gasteiger partial charge in [-0.15, -0.1) is 0 Å². The summed E-state index contributed by atoms with van der Waals surface area (Å²) in [6.45, 7) is 5.39.